The molecule has 0 radical (unpaired) electrons. The monoisotopic (exact) mass is 212 g/mol. The van der Waals surface area contributed by atoms with Gasteiger partial charge in [-0.25, -0.2) is 0 Å². The van der Waals surface area contributed by atoms with Gasteiger partial charge in [-0.3, -0.25) is 0 Å². The van der Waals surface area contributed by atoms with Crippen molar-refractivity contribution in [2.75, 3.05) is 12.9 Å². The van der Waals surface area contributed by atoms with Gasteiger partial charge in [0.1, 0.15) is 8.64 Å². The summed E-state index contributed by atoms with van der Waals surface area (Å²) >= 11 is 14.8. The average molecular weight is 212 g/mol. The summed E-state index contributed by atoms with van der Waals surface area (Å²) in [7, 11) is 0. The van der Waals surface area contributed by atoms with Gasteiger partial charge in [0.25, 0.3) is 0 Å². The second-order valence-corrected chi connectivity index (χ2v) is 3.97. The Hall–Kier alpha value is 0.480. The molecule has 0 aliphatic rings. The summed E-state index contributed by atoms with van der Waals surface area (Å²) in [6, 6.07) is 0. The SMILES string of the molecule is CSC(=S)NCNC(=S)S. The molecular formula is C4H8N2S4. The van der Waals surface area contributed by atoms with E-state index in [1.165, 1.54) is 11.8 Å². The zero-order valence-electron chi connectivity index (χ0n) is 5.38. The smallest absolute Gasteiger partial charge is 0.134 e. The molecule has 0 heterocycles. The summed E-state index contributed by atoms with van der Waals surface area (Å²) in [6.07, 6.45) is 1.91. The summed E-state index contributed by atoms with van der Waals surface area (Å²) in [4.78, 5) is 0. The van der Waals surface area contributed by atoms with Gasteiger partial charge in [0.05, 0.1) is 6.67 Å². The lowest BCUT2D eigenvalue weighted by Gasteiger charge is -2.05. The van der Waals surface area contributed by atoms with Crippen molar-refractivity contribution in [1.82, 2.24) is 10.6 Å². The lowest BCUT2D eigenvalue weighted by molar-refractivity contribution is 0.861. The van der Waals surface area contributed by atoms with Gasteiger partial charge in [0.15, 0.2) is 0 Å². The Labute approximate surface area is 80.9 Å². The summed E-state index contributed by atoms with van der Waals surface area (Å²) < 4.78 is 1.22. The van der Waals surface area contributed by atoms with Crippen molar-refractivity contribution in [3.63, 3.8) is 0 Å². The minimum atomic E-state index is 0.469. The van der Waals surface area contributed by atoms with Gasteiger partial charge in [-0.1, -0.05) is 24.4 Å². The Kier molecular flexibility index (Phi) is 6.50. The fourth-order valence-corrected chi connectivity index (χ4v) is 0.704. The molecule has 2 nitrogen and oxygen atoms in total. The molecule has 0 aromatic carbocycles. The molecule has 58 valence electrons. The first kappa shape index (κ1) is 10.5. The fraction of sp³-hybridized carbons (Fsp3) is 0.500. The van der Waals surface area contributed by atoms with Crippen LogP contribution in [0.4, 0.5) is 0 Å². The number of thiocarbonyl (C=S) groups is 2. The van der Waals surface area contributed by atoms with Crippen LogP contribution in [0.3, 0.4) is 0 Å². The highest BCUT2D eigenvalue weighted by Crippen LogP contribution is 1.91. The van der Waals surface area contributed by atoms with Crippen LogP contribution in [0.1, 0.15) is 0 Å². The van der Waals surface area contributed by atoms with Gasteiger partial charge in [-0.15, -0.1) is 24.4 Å². The van der Waals surface area contributed by atoms with Crippen LogP contribution in [0.15, 0.2) is 0 Å². The first-order chi connectivity index (χ1) is 4.66. The van der Waals surface area contributed by atoms with Gasteiger partial charge < -0.3 is 10.6 Å². The second kappa shape index (κ2) is 6.21. The standard InChI is InChI=1S/C4H8N2S4/c1-10-4(9)6-2-5-3(7)8/h2H2,1H3,(H,6,9)(H2,5,7,8). The highest BCUT2D eigenvalue weighted by Gasteiger charge is 1.89. The van der Waals surface area contributed by atoms with E-state index in [-0.39, 0.29) is 0 Å². The molecule has 0 saturated carbocycles. The van der Waals surface area contributed by atoms with E-state index in [1.807, 2.05) is 6.26 Å². The van der Waals surface area contributed by atoms with Crippen LogP contribution in [0, 0.1) is 0 Å². The zero-order chi connectivity index (χ0) is 7.98. The molecular weight excluding hydrogens is 204 g/mol. The molecule has 0 spiro atoms. The Morgan fingerprint density at radius 1 is 1.50 bits per heavy atom. The summed E-state index contributed by atoms with van der Waals surface area (Å²) in [5.41, 5.74) is 0. The molecule has 0 amide bonds. The molecule has 6 heteroatoms. The zero-order valence-corrected chi connectivity index (χ0v) is 8.72. The predicted octanol–water partition coefficient (Wildman–Crippen LogP) is 0.986. The lowest BCUT2D eigenvalue weighted by atomic mass is 11.0. The van der Waals surface area contributed by atoms with Crippen molar-refractivity contribution in [1.29, 1.82) is 0 Å². The summed E-state index contributed by atoms with van der Waals surface area (Å²) in [5, 5.41) is 5.70. The van der Waals surface area contributed by atoms with Crippen molar-refractivity contribution in [3.8, 4) is 0 Å². The molecule has 0 aromatic heterocycles. The Bertz CT molecular complexity index is 135. The Balaban J connectivity index is 3.20. The van der Waals surface area contributed by atoms with E-state index in [0.717, 1.165) is 4.32 Å². The molecule has 10 heavy (non-hydrogen) atoms. The van der Waals surface area contributed by atoms with Crippen molar-refractivity contribution >= 4 is 57.5 Å². The largest absolute Gasteiger partial charge is 0.354 e. The van der Waals surface area contributed by atoms with E-state index in [9.17, 15) is 0 Å². The second-order valence-electron chi connectivity index (χ2n) is 1.33. The molecule has 0 unspecified atom stereocenters. The van der Waals surface area contributed by atoms with Crippen LogP contribution in [-0.2, 0) is 0 Å². The van der Waals surface area contributed by atoms with Crippen LogP contribution >= 0.6 is 48.8 Å². The quantitative estimate of drug-likeness (QED) is 0.360. The molecule has 0 rings (SSSR count). The first-order valence-corrected chi connectivity index (χ1v) is 4.94. The minimum Gasteiger partial charge on any atom is -0.354 e. The third-order valence-electron chi connectivity index (χ3n) is 0.658. The van der Waals surface area contributed by atoms with Crippen LogP contribution in [0.5, 0.6) is 0 Å². The number of hydrogen-bond donors (Lipinski definition) is 3. The van der Waals surface area contributed by atoms with Crippen LogP contribution < -0.4 is 10.6 Å². The maximum atomic E-state index is 4.85. The molecule has 0 aromatic rings. The fourth-order valence-electron chi connectivity index (χ4n) is 0.264. The average Bonchev–Trinajstić information content (AvgIpc) is 1.87. The van der Waals surface area contributed by atoms with Crippen LogP contribution in [0.2, 0.25) is 0 Å². The van der Waals surface area contributed by atoms with E-state index in [1.54, 1.807) is 0 Å². The van der Waals surface area contributed by atoms with Crippen molar-refractivity contribution in [3.05, 3.63) is 0 Å². The topological polar surface area (TPSA) is 24.1 Å². The maximum absolute atomic E-state index is 4.85. The van der Waals surface area contributed by atoms with E-state index in [4.69, 9.17) is 12.2 Å². The van der Waals surface area contributed by atoms with E-state index >= 15 is 0 Å². The molecule has 0 fully saturated rings. The van der Waals surface area contributed by atoms with Crippen molar-refractivity contribution in [2.24, 2.45) is 0 Å². The minimum absolute atomic E-state index is 0.469. The highest BCUT2D eigenvalue weighted by molar-refractivity contribution is 8.22. The van der Waals surface area contributed by atoms with Gasteiger partial charge in [-0.05, 0) is 6.26 Å². The number of rotatable bonds is 2. The van der Waals surface area contributed by atoms with Crippen molar-refractivity contribution in [2.45, 2.75) is 0 Å². The normalized spacial score (nSPS) is 8.60. The van der Waals surface area contributed by atoms with E-state index in [0.29, 0.717) is 11.0 Å². The number of nitrogens with one attached hydrogen (secondary N) is 2. The molecule has 0 atom stereocenters. The molecule has 0 bridgehead atoms. The molecule has 0 saturated heterocycles. The lowest BCUT2D eigenvalue weighted by Crippen LogP contribution is -2.32. The number of thioether (sulfide) groups is 1. The molecule has 2 N–H and O–H groups in total. The van der Waals surface area contributed by atoms with E-state index in [2.05, 4.69) is 35.5 Å². The Morgan fingerprint density at radius 3 is 2.50 bits per heavy atom. The third-order valence-corrected chi connectivity index (χ3v) is 2.12. The van der Waals surface area contributed by atoms with Gasteiger partial charge in [0, 0.05) is 0 Å². The van der Waals surface area contributed by atoms with Gasteiger partial charge in [-0.2, -0.15) is 0 Å². The van der Waals surface area contributed by atoms with Gasteiger partial charge >= 0.3 is 0 Å². The predicted molar refractivity (Wildman–Crippen MR) is 58.8 cm³/mol. The van der Waals surface area contributed by atoms with Crippen molar-refractivity contribution < 1.29 is 0 Å². The van der Waals surface area contributed by atoms with Crippen LogP contribution in [-0.4, -0.2) is 21.6 Å². The molecule has 0 aliphatic carbocycles. The molecule has 0 aliphatic heterocycles. The maximum Gasteiger partial charge on any atom is 0.134 e. The number of thiol groups is 1. The summed E-state index contributed by atoms with van der Waals surface area (Å²) in [6.45, 7) is 0.544. The first-order valence-electron chi connectivity index (χ1n) is 2.45. The highest BCUT2D eigenvalue weighted by atomic mass is 32.2. The van der Waals surface area contributed by atoms with Crippen LogP contribution in [0.25, 0.3) is 0 Å². The van der Waals surface area contributed by atoms with E-state index < -0.39 is 0 Å². The third kappa shape index (κ3) is 6.60. The Morgan fingerprint density at radius 2 is 2.10 bits per heavy atom. The summed E-state index contributed by atoms with van der Waals surface area (Å²) in [5.74, 6) is 0. The number of hydrogen-bond acceptors (Lipinski definition) is 3. The van der Waals surface area contributed by atoms with Gasteiger partial charge in [0.2, 0.25) is 0 Å².